The zero-order valence-corrected chi connectivity index (χ0v) is 15.0. The Labute approximate surface area is 135 Å². The second-order valence-corrected chi connectivity index (χ2v) is 10.4. The Bertz CT molecular complexity index is 559. The molecule has 0 radical (unpaired) electrons. The molecule has 0 bridgehead atoms. The summed E-state index contributed by atoms with van der Waals surface area (Å²) in [4.78, 5) is 4.57. The van der Waals surface area contributed by atoms with Crippen LogP contribution in [0.1, 0.15) is 31.9 Å². The minimum Gasteiger partial charge on any atom is -0.383 e. The van der Waals surface area contributed by atoms with Gasteiger partial charge >= 0.3 is 0 Å². The second kappa shape index (κ2) is 7.68. The first-order chi connectivity index (χ1) is 9.64. The molecule has 0 amide bonds. The molecule has 1 heterocycles. The minimum atomic E-state index is -1.39. The van der Waals surface area contributed by atoms with Crippen molar-refractivity contribution in [3.63, 3.8) is 0 Å². The Balaban J connectivity index is 0.00000220. The summed E-state index contributed by atoms with van der Waals surface area (Å²) in [6.07, 6.45) is 0.894. The Morgan fingerprint density at radius 1 is 1.19 bits per heavy atom. The normalized spacial score (nSPS) is 16.9. The standard InChI is InChI=1S/C17H24N2Si.ClH/c1-4-20(5-2,6-3)12-11-15-13-14-9-7-8-10-16(14)17(18)19-15;/h7-10,15H,4-6,13H2,1-3H3,(H2,18,19);1H. The minimum absolute atomic E-state index is 0. The third kappa shape index (κ3) is 3.90. The van der Waals surface area contributed by atoms with Crippen molar-refractivity contribution in [3.8, 4) is 11.5 Å². The van der Waals surface area contributed by atoms with Crippen molar-refractivity contribution in [2.24, 2.45) is 10.7 Å². The Hall–Kier alpha value is -1.24. The molecule has 2 nitrogen and oxygen atoms in total. The number of aliphatic imine (C=N–C) groups is 1. The van der Waals surface area contributed by atoms with Gasteiger partial charge in [0.1, 0.15) is 20.0 Å². The maximum absolute atomic E-state index is 6.07. The van der Waals surface area contributed by atoms with Crippen LogP contribution in [0, 0.1) is 11.5 Å². The largest absolute Gasteiger partial charge is 0.383 e. The summed E-state index contributed by atoms with van der Waals surface area (Å²) >= 11 is 0. The number of halogens is 1. The monoisotopic (exact) mass is 320 g/mol. The van der Waals surface area contributed by atoms with Crippen LogP contribution in [0.2, 0.25) is 18.1 Å². The van der Waals surface area contributed by atoms with Crippen molar-refractivity contribution in [3.05, 3.63) is 35.4 Å². The maximum Gasteiger partial charge on any atom is 0.137 e. The fourth-order valence-electron chi connectivity index (χ4n) is 2.77. The van der Waals surface area contributed by atoms with E-state index in [0.717, 1.165) is 12.0 Å². The molecule has 4 heteroatoms. The first kappa shape index (κ1) is 17.8. The van der Waals surface area contributed by atoms with Gasteiger partial charge in [-0.05, 0) is 23.7 Å². The van der Waals surface area contributed by atoms with E-state index in [4.69, 9.17) is 5.73 Å². The molecule has 1 aromatic carbocycles. The highest BCUT2D eigenvalue weighted by atomic mass is 35.5. The van der Waals surface area contributed by atoms with Gasteiger partial charge in [-0.1, -0.05) is 51.0 Å². The molecule has 114 valence electrons. The highest BCUT2D eigenvalue weighted by molar-refractivity contribution is 6.87. The van der Waals surface area contributed by atoms with Crippen molar-refractivity contribution >= 4 is 26.3 Å². The van der Waals surface area contributed by atoms with E-state index >= 15 is 0 Å². The average molecular weight is 321 g/mol. The topological polar surface area (TPSA) is 38.4 Å². The van der Waals surface area contributed by atoms with Crippen LogP contribution in [0.15, 0.2) is 29.3 Å². The molecule has 1 aliphatic heterocycles. The van der Waals surface area contributed by atoms with Crippen LogP contribution in [0.3, 0.4) is 0 Å². The number of nitrogens with zero attached hydrogens (tertiary/aromatic N) is 1. The molecular weight excluding hydrogens is 296 g/mol. The molecular formula is C17H25ClN2Si. The SMILES string of the molecule is CC[Si](C#CC1Cc2ccccc2C(N)=N1)(CC)CC.Cl. The van der Waals surface area contributed by atoms with E-state index in [-0.39, 0.29) is 18.4 Å². The summed E-state index contributed by atoms with van der Waals surface area (Å²) in [7, 11) is -1.39. The summed E-state index contributed by atoms with van der Waals surface area (Å²) in [6.45, 7) is 6.84. The van der Waals surface area contributed by atoms with E-state index in [9.17, 15) is 0 Å². The van der Waals surface area contributed by atoms with Gasteiger partial charge in [0.25, 0.3) is 0 Å². The fourth-order valence-corrected chi connectivity index (χ4v) is 5.28. The highest BCUT2D eigenvalue weighted by Gasteiger charge is 2.25. The van der Waals surface area contributed by atoms with Crippen LogP contribution in [0.25, 0.3) is 0 Å². The van der Waals surface area contributed by atoms with Crippen LogP contribution in [-0.2, 0) is 6.42 Å². The van der Waals surface area contributed by atoms with E-state index in [1.165, 1.54) is 23.7 Å². The van der Waals surface area contributed by atoms with Crippen LogP contribution >= 0.6 is 12.4 Å². The summed E-state index contributed by atoms with van der Waals surface area (Å²) < 4.78 is 0. The maximum atomic E-state index is 6.07. The smallest absolute Gasteiger partial charge is 0.137 e. The van der Waals surface area contributed by atoms with Gasteiger partial charge in [0.05, 0.1) is 0 Å². The van der Waals surface area contributed by atoms with E-state index in [1.807, 2.05) is 12.1 Å². The van der Waals surface area contributed by atoms with Gasteiger partial charge in [-0.3, -0.25) is 4.99 Å². The zero-order chi connectivity index (χ0) is 14.6. The summed E-state index contributed by atoms with van der Waals surface area (Å²) in [5.41, 5.74) is 12.1. The molecule has 1 aliphatic rings. The number of rotatable bonds is 3. The lowest BCUT2D eigenvalue weighted by Gasteiger charge is -2.22. The molecule has 2 N–H and O–H groups in total. The van der Waals surface area contributed by atoms with Crippen molar-refractivity contribution in [1.29, 1.82) is 0 Å². The number of fused-ring (bicyclic) bond motifs is 1. The van der Waals surface area contributed by atoms with E-state index < -0.39 is 8.07 Å². The summed E-state index contributed by atoms with van der Waals surface area (Å²) in [5, 5.41) is 0. The highest BCUT2D eigenvalue weighted by Crippen LogP contribution is 2.21. The molecule has 1 aromatic rings. The molecule has 0 saturated carbocycles. The molecule has 21 heavy (non-hydrogen) atoms. The molecule has 1 atom stereocenters. The molecule has 0 spiro atoms. The van der Waals surface area contributed by atoms with Crippen molar-refractivity contribution in [2.75, 3.05) is 0 Å². The quantitative estimate of drug-likeness (QED) is 0.668. The van der Waals surface area contributed by atoms with Gasteiger partial charge in [-0.15, -0.1) is 18.0 Å². The molecule has 0 saturated heterocycles. The number of hydrogen-bond acceptors (Lipinski definition) is 2. The van der Waals surface area contributed by atoms with Gasteiger partial charge in [-0.2, -0.15) is 0 Å². The van der Waals surface area contributed by atoms with E-state index in [0.29, 0.717) is 5.84 Å². The van der Waals surface area contributed by atoms with Crippen LogP contribution in [0.5, 0.6) is 0 Å². The number of benzene rings is 1. The predicted octanol–water partition coefficient (Wildman–Crippen LogP) is 3.79. The zero-order valence-electron chi connectivity index (χ0n) is 13.1. The van der Waals surface area contributed by atoms with Gasteiger partial charge in [-0.25, -0.2) is 0 Å². The summed E-state index contributed by atoms with van der Waals surface area (Å²) in [5.74, 6) is 4.07. The van der Waals surface area contributed by atoms with Crippen LogP contribution < -0.4 is 5.73 Å². The summed E-state index contributed by atoms with van der Waals surface area (Å²) in [6, 6.07) is 12.0. The Morgan fingerprint density at radius 3 is 2.43 bits per heavy atom. The molecule has 0 fully saturated rings. The number of amidine groups is 1. The molecule has 0 aliphatic carbocycles. The van der Waals surface area contributed by atoms with Crippen LogP contribution in [-0.4, -0.2) is 20.0 Å². The first-order valence-electron chi connectivity index (χ1n) is 7.58. The average Bonchev–Trinajstić information content (AvgIpc) is 2.49. The molecule has 1 unspecified atom stereocenters. The van der Waals surface area contributed by atoms with E-state index in [1.54, 1.807) is 0 Å². The predicted molar refractivity (Wildman–Crippen MR) is 96.9 cm³/mol. The Morgan fingerprint density at radius 2 is 1.81 bits per heavy atom. The van der Waals surface area contributed by atoms with E-state index in [2.05, 4.69) is 49.4 Å². The van der Waals surface area contributed by atoms with Gasteiger partial charge in [0.15, 0.2) is 0 Å². The van der Waals surface area contributed by atoms with Crippen molar-refractivity contribution in [2.45, 2.75) is 51.4 Å². The Kier molecular flexibility index (Phi) is 6.51. The van der Waals surface area contributed by atoms with Crippen molar-refractivity contribution in [1.82, 2.24) is 0 Å². The number of hydrogen-bond donors (Lipinski definition) is 1. The van der Waals surface area contributed by atoms with Gasteiger partial charge in [0.2, 0.25) is 0 Å². The molecule has 2 rings (SSSR count). The van der Waals surface area contributed by atoms with Crippen molar-refractivity contribution < 1.29 is 0 Å². The third-order valence-electron chi connectivity index (χ3n) is 4.54. The first-order valence-corrected chi connectivity index (χ1v) is 10.2. The lowest BCUT2D eigenvalue weighted by molar-refractivity contribution is 0.816. The fraction of sp³-hybridized carbons (Fsp3) is 0.471. The van der Waals surface area contributed by atoms with Gasteiger partial charge in [0, 0.05) is 12.0 Å². The lowest BCUT2D eigenvalue weighted by atomic mass is 9.97. The van der Waals surface area contributed by atoms with Crippen LogP contribution in [0.4, 0.5) is 0 Å². The number of nitrogens with two attached hydrogens (primary N) is 1. The lowest BCUT2D eigenvalue weighted by Crippen LogP contribution is -2.31. The molecule has 0 aromatic heterocycles. The third-order valence-corrected chi connectivity index (χ3v) is 9.27. The second-order valence-electron chi connectivity index (χ2n) is 5.50. The van der Waals surface area contributed by atoms with Gasteiger partial charge < -0.3 is 5.73 Å².